The van der Waals surface area contributed by atoms with Crippen LogP contribution in [0.3, 0.4) is 0 Å². The fourth-order valence-corrected chi connectivity index (χ4v) is 1.89. The van der Waals surface area contributed by atoms with Crippen LogP contribution in [0.4, 0.5) is 4.39 Å². The minimum atomic E-state index is -0.375. The first kappa shape index (κ1) is 14.2. The topological polar surface area (TPSA) is 12.0 Å². The molecule has 0 amide bonds. The maximum absolute atomic E-state index is 13.1. The van der Waals surface area contributed by atoms with Gasteiger partial charge in [-0.3, -0.25) is 0 Å². The Bertz CT molecular complexity index is 390. The quantitative estimate of drug-likeness (QED) is 0.739. The average molecular weight is 256 g/mol. The Balaban J connectivity index is 2.86. The molecule has 0 heterocycles. The van der Waals surface area contributed by atoms with Gasteiger partial charge in [0.15, 0.2) is 0 Å². The van der Waals surface area contributed by atoms with Crippen molar-refractivity contribution in [1.82, 2.24) is 5.32 Å². The van der Waals surface area contributed by atoms with E-state index < -0.39 is 0 Å². The summed E-state index contributed by atoms with van der Waals surface area (Å²) in [7, 11) is 0. The monoisotopic (exact) mass is 255 g/mol. The maximum Gasteiger partial charge on any atom is 0.141 e. The molecule has 3 heteroatoms. The van der Waals surface area contributed by atoms with Crippen LogP contribution in [0.25, 0.3) is 0 Å². The molecule has 0 aromatic heterocycles. The van der Waals surface area contributed by atoms with Gasteiger partial charge >= 0.3 is 0 Å². The first-order valence-electron chi connectivity index (χ1n) is 5.87. The van der Waals surface area contributed by atoms with Gasteiger partial charge in [-0.25, -0.2) is 4.39 Å². The van der Waals surface area contributed by atoms with Crippen LogP contribution in [0.5, 0.6) is 0 Å². The maximum atomic E-state index is 13.1. The first-order chi connectivity index (χ1) is 8.04. The molecule has 1 aromatic rings. The van der Waals surface area contributed by atoms with E-state index in [0.29, 0.717) is 0 Å². The smallest absolute Gasteiger partial charge is 0.141 e. The van der Waals surface area contributed by atoms with Gasteiger partial charge < -0.3 is 5.32 Å². The van der Waals surface area contributed by atoms with E-state index in [1.54, 1.807) is 12.1 Å². The third-order valence-electron chi connectivity index (χ3n) is 2.54. The zero-order chi connectivity index (χ0) is 12.8. The zero-order valence-electron chi connectivity index (χ0n) is 10.4. The number of hydrogen-bond acceptors (Lipinski definition) is 1. The van der Waals surface area contributed by atoms with Gasteiger partial charge in [-0.1, -0.05) is 30.2 Å². The van der Waals surface area contributed by atoms with Crippen LogP contribution in [-0.2, 0) is 0 Å². The normalized spacial score (nSPS) is 12.5. The second kappa shape index (κ2) is 6.77. The van der Waals surface area contributed by atoms with Crippen molar-refractivity contribution in [1.29, 1.82) is 0 Å². The summed E-state index contributed by atoms with van der Waals surface area (Å²) in [5.74, 6) is -0.375. The fraction of sp³-hybridized carbons (Fsp3) is 0.429. The summed E-state index contributed by atoms with van der Waals surface area (Å²) in [5.41, 5.74) is 2.10. The summed E-state index contributed by atoms with van der Waals surface area (Å²) in [4.78, 5) is 0. The van der Waals surface area contributed by atoms with Crippen molar-refractivity contribution in [3.05, 3.63) is 46.8 Å². The summed E-state index contributed by atoms with van der Waals surface area (Å²) < 4.78 is 13.1. The molecule has 0 aliphatic heterocycles. The van der Waals surface area contributed by atoms with Crippen molar-refractivity contribution in [2.45, 2.75) is 32.7 Å². The van der Waals surface area contributed by atoms with E-state index in [1.807, 2.05) is 6.92 Å². The highest BCUT2D eigenvalue weighted by Gasteiger charge is 2.12. The van der Waals surface area contributed by atoms with E-state index in [2.05, 4.69) is 18.8 Å². The summed E-state index contributed by atoms with van der Waals surface area (Å²) in [6.45, 7) is 8.95. The van der Waals surface area contributed by atoms with Gasteiger partial charge in [0.05, 0.1) is 5.02 Å². The van der Waals surface area contributed by atoms with Crippen molar-refractivity contribution in [2.24, 2.45) is 0 Å². The van der Waals surface area contributed by atoms with Crippen LogP contribution in [0, 0.1) is 5.82 Å². The Morgan fingerprint density at radius 1 is 1.53 bits per heavy atom. The molecule has 0 saturated carbocycles. The molecule has 0 radical (unpaired) electrons. The number of nitrogens with one attached hydrogen (secondary N) is 1. The van der Waals surface area contributed by atoms with Crippen LogP contribution in [0.15, 0.2) is 30.4 Å². The molecule has 0 aliphatic carbocycles. The van der Waals surface area contributed by atoms with Crippen LogP contribution < -0.4 is 5.32 Å². The molecular weight excluding hydrogens is 237 g/mol. The average Bonchev–Trinajstić information content (AvgIpc) is 2.27. The molecule has 1 nitrogen and oxygen atoms in total. The molecule has 0 saturated heterocycles. The third-order valence-corrected chi connectivity index (χ3v) is 2.83. The molecule has 0 bridgehead atoms. The molecular formula is C14H19ClFN. The van der Waals surface area contributed by atoms with Crippen molar-refractivity contribution in [3.63, 3.8) is 0 Å². The minimum Gasteiger partial charge on any atom is -0.310 e. The van der Waals surface area contributed by atoms with Gasteiger partial charge in [-0.15, -0.1) is 6.58 Å². The highest BCUT2D eigenvalue weighted by Crippen LogP contribution is 2.24. The van der Waals surface area contributed by atoms with Crippen molar-refractivity contribution in [3.8, 4) is 0 Å². The molecule has 1 aromatic carbocycles. The summed E-state index contributed by atoms with van der Waals surface area (Å²) in [6, 6.07) is 5.03. The van der Waals surface area contributed by atoms with E-state index in [0.717, 1.165) is 30.5 Å². The molecule has 0 fully saturated rings. The molecule has 1 atom stereocenters. The predicted molar refractivity (Wildman–Crippen MR) is 71.9 cm³/mol. The largest absolute Gasteiger partial charge is 0.310 e. The van der Waals surface area contributed by atoms with Crippen LogP contribution in [-0.4, -0.2) is 6.54 Å². The Morgan fingerprint density at radius 2 is 2.24 bits per heavy atom. The molecule has 1 unspecified atom stereocenters. The standard InChI is InChI=1S/C14H19ClFN/c1-4-7-17-14(8-10(2)3)11-5-6-13(16)12(15)9-11/h5-6,9,14,17H,2,4,7-8H2,1,3H3. The second-order valence-corrected chi connectivity index (χ2v) is 4.75. The Morgan fingerprint density at radius 3 is 2.76 bits per heavy atom. The molecule has 1 rings (SSSR count). The van der Waals surface area contributed by atoms with E-state index in [4.69, 9.17) is 11.6 Å². The fourth-order valence-electron chi connectivity index (χ4n) is 1.70. The summed E-state index contributed by atoms with van der Waals surface area (Å²) >= 11 is 5.80. The van der Waals surface area contributed by atoms with Crippen LogP contribution in [0.2, 0.25) is 5.02 Å². The summed E-state index contributed by atoms with van der Waals surface area (Å²) in [6.07, 6.45) is 1.89. The number of benzene rings is 1. The molecule has 0 spiro atoms. The molecule has 17 heavy (non-hydrogen) atoms. The van der Waals surface area contributed by atoms with Crippen molar-refractivity contribution < 1.29 is 4.39 Å². The first-order valence-corrected chi connectivity index (χ1v) is 6.25. The molecule has 0 aliphatic rings. The highest BCUT2D eigenvalue weighted by molar-refractivity contribution is 6.30. The van der Waals surface area contributed by atoms with Gasteiger partial charge in [-0.2, -0.15) is 0 Å². The number of halogens is 2. The Kier molecular flexibility index (Phi) is 5.66. The summed E-state index contributed by atoms with van der Waals surface area (Å²) in [5, 5.41) is 3.60. The van der Waals surface area contributed by atoms with Crippen LogP contribution >= 0.6 is 11.6 Å². The highest BCUT2D eigenvalue weighted by atomic mass is 35.5. The van der Waals surface area contributed by atoms with Gasteiger partial charge in [0.1, 0.15) is 5.82 Å². The van der Waals surface area contributed by atoms with Crippen molar-refractivity contribution >= 4 is 11.6 Å². The SMILES string of the molecule is C=C(C)CC(NCCC)c1ccc(F)c(Cl)c1. The van der Waals surface area contributed by atoms with Crippen LogP contribution in [0.1, 0.15) is 38.3 Å². The Labute approximate surface area is 108 Å². The number of rotatable bonds is 6. The van der Waals surface area contributed by atoms with E-state index >= 15 is 0 Å². The zero-order valence-corrected chi connectivity index (χ0v) is 11.1. The lowest BCUT2D eigenvalue weighted by Gasteiger charge is -2.19. The van der Waals surface area contributed by atoms with Gasteiger partial charge in [0.2, 0.25) is 0 Å². The van der Waals surface area contributed by atoms with Gasteiger partial charge in [0, 0.05) is 6.04 Å². The van der Waals surface area contributed by atoms with E-state index in [-0.39, 0.29) is 16.9 Å². The molecule has 1 N–H and O–H groups in total. The number of hydrogen-bond donors (Lipinski definition) is 1. The van der Waals surface area contributed by atoms with E-state index in [1.165, 1.54) is 6.07 Å². The lowest BCUT2D eigenvalue weighted by atomic mass is 10.00. The minimum absolute atomic E-state index is 0.158. The van der Waals surface area contributed by atoms with E-state index in [9.17, 15) is 4.39 Å². The second-order valence-electron chi connectivity index (χ2n) is 4.34. The van der Waals surface area contributed by atoms with Gasteiger partial charge in [-0.05, 0) is 44.0 Å². The predicted octanol–water partition coefficient (Wildman–Crippen LogP) is 4.49. The third kappa shape index (κ3) is 4.49. The molecule has 94 valence electrons. The van der Waals surface area contributed by atoms with Gasteiger partial charge in [0.25, 0.3) is 0 Å². The lowest BCUT2D eigenvalue weighted by Crippen LogP contribution is -2.22. The van der Waals surface area contributed by atoms with Crippen molar-refractivity contribution in [2.75, 3.05) is 6.54 Å². The lowest BCUT2D eigenvalue weighted by molar-refractivity contribution is 0.526. The Hall–Kier alpha value is -0.860.